The van der Waals surface area contributed by atoms with Gasteiger partial charge in [0.2, 0.25) is 0 Å². The Balaban J connectivity index is 1.67. The lowest BCUT2D eigenvalue weighted by molar-refractivity contribution is -0.157. The molecule has 3 aromatic carbocycles. The van der Waals surface area contributed by atoms with E-state index in [-0.39, 0.29) is 11.5 Å². The first-order valence-corrected chi connectivity index (χ1v) is 14.2. The van der Waals surface area contributed by atoms with Crippen molar-refractivity contribution in [2.24, 2.45) is 5.10 Å². The van der Waals surface area contributed by atoms with Crippen LogP contribution in [0.5, 0.6) is 5.75 Å². The van der Waals surface area contributed by atoms with Crippen LogP contribution in [0.1, 0.15) is 37.5 Å². The fourth-order valence-corrected chi connectivity index (χ4v) is 4.98. The molecule has 0 saturated heterocycles. The number of hydrogen-bond acceptors (Lipinski definition) is 7. The molecule has 0 radical (unpaired) electrons. The first-order valence-electron chi connectivity index (χ1n) is 12.4. The van der Waals surface area contributed by atoms with Crippen molar-refractivity contribution in [1.29, 1.82) is 0 Å². The normalized spacial score (nSPS) is 11.8. The van der Waals surface area contributed by atoms with Crippen LogP contribution < -0.4 is 14.5 Å². The predicted octanol–water partition coefficient (Wildman–Crippen LogP) is 5.02. The molecule has 0 atom stereocenters. The van der Waals surface area contributed by atoms with Crippen LogP contribution in [-0.4, -0.2) is 45.3 Å². The Hall–Kier alpha value is -3.89. The number of ether oxygens (including phenoxy) is 2. The van der Waals surface area contributed by atoms with Crippen molar-refractivity contribution in [2.45, 2.75) is 45.1 Å². The van der Waals surface area contributed by atoms with Crippen LogP contribution in [0.4, 0.5) is 5.69 Å². The third kappa shape index (κ3) is 8.82. The van der Waals surface area contributed by atoms with Gasteiger partial charge in [0, 0.05) is 5.02 Å². The average molecular weight is 586 g/mol. The molecule has 3 rings (SSSR count). The fraction of sp³-hybridized carbons (Fsp3) is 0.276. The standard InChI is InChI=1S/C29H32ClN3O6S/c1-20-6-11-24(16-21(20)2)33(40(36,37)26-14-9-23(30)10-15-26)18-27(34)32-31-17-22-7-12-25(13-8-22)38-19-28(35)39-29(3,4)5/h6-17H,18-19H2,1-5H3,(H,32,34)/b31-17-. The van der Waals surface area contributed by atoms with Gasteiger partial charge in [-0.1, -0.05) is 17.7 Å². The maximum absolute atomic E-state index is 13.5. The summed E-state index contributed by atoms with van der Waals surface area (Å²) in [5.41, 5.74) is 4.64. The number of rotatable bonds is 10. The van der Waals surface area contributed by atoms with E-state index in [1.165, 1.54) is 30.5 Å². The Labute approximate surface area is 239 Å². The Kier molecular flexibility index (Phi) is 9.94. The number of carbonyl (C=O) groups excluding carboxylic acids is 2. The number of hydrazone groups is 1. The van der Waals surface area contributed by atoms with Crippen LogP contribution in [0.15, 0.2) is 76.7 Å². The smallest absolute Gasteiger partial charge is 0.344 e. The number of amides is 1. The summed E-state index contributed by atoms with van der Waals surface area (Å²) in [6.07, 6.45) is 1.41. The number of esters is 1. The van der Waals surface area contributed by atoms with Gasteiger partial charge < -0.3 is 9.47 Å². The molecule has 11 heteroatoms. The highest BCUT2D eigenvalue weighted by Gasteiger charge is 2.27. The van der Waals surface area contributed by atoms with Crippen molar-refractivity contribution in [1.82, 2.24) is 5.43 Å². The van der Waals surface area contributed by atoms with E-state index in [1.807, 2.05) is 13.8 Å². The summed E-state index contributed by atoms with van der Waals surface area (Å²) >= 11 is 5.93. The maximum atomic E-state index is 13.5. The molecule has 0 aliphatic rings. The highest BCUT2D eigenvalue weighted by atomic mass is 35.5. The minimum atomic E-state index is -4.08. The van der Waals surface area contributed by atoms with Crippen molar-refractivity contribution in [2.75, 3.05) is 17.5 Å². The SMILES string of the molecule is Cc1ccc(N(CC(=O)N/N=C\c2ccc(OCC(=O)OC(C)(C)C)cc2)S(=O)(=O)c2ccc(Cl)cc2)cc1C. The Bertz CT molecular complexity index is 1480. The number of halogens is 1. The van der Waals surface area contributed by atoms with Crippen molar-refractivity contribution < 1.29 is 27.5 Å². The zero-order valence-corrected chi connectivity index (χ0v) is 24.5. The number of nitrogens with zero attached hydrogens (tertiary/aromatic N) is 2. The van der Waals surface area contributed by atoms with Crippen molar-refractivity contribution in [3.63, 3.8) is 0 Å². The van der Waals surface area contributed by atoms with E-state index in [2.05, 4.69) is 10.5 Å². The van der Waals surface area contributed by atoms with Crippen LogP contribution in [0.2, 0.25) is 5.02 Å². The predicted molar refractivity (Wildman–Crippen MR) is 155 cm³/mol. The van der Waals surface area contributed by atoms with Gasteiger partial charge in [-0.15, -0.1) is 0 Å². The van der Waals surface area contributed by atoms with E-state index in [1.54, 1.807) is 63.2 Å². The molecule has 0 fully saturated rings. The zero-order chi connectivity index (χ0) is 29.5. The van der Waals surface area contributed by atoms with E-state index in [0.29, 0.717) is 22.0 Å². The number of carbonyl (C=O) groups is 2. The van der Waals surface area contributed by atoms with E-state index >= 15 is 0 Å². The number of nitrogens with one attached hydrogen (secondary N) is 1. The molecule has 0 unspecified atom stereocenters. The van der Waals surface area contributed by atoms with Crippen LogP contribution >= 0.6 is 11.6 Å². The molecule has 212 valence electrons. The molecule has 1 amide bonds. The lowest BCUT2D eigenvalue weighted by atomic mass is 10.1. The highest BCUT2D eigenvalue weighted by Crippen LogP contribution is 2.26. The summed E-state index contributed by atoms with van der Waals surface area (Å²) < 4.78 is 38.6. The second-order valence-corrected chi connectivity index (χ2v) is 12.3. The molecule has 3 aromatic rings. The molecule has 0 aliphatic heterocycles. The van der Waals surface area contributed by atoms with E-state index < -0.39 is 34.0 Å². The topological polar surface area (TPSA) is 114 Å². The summed E-state index contributed by atoms with van der Waals surface area (Å²) in [6.45, 7) is 8.38. The summed E-state index contributed by atoms with van der Waals surface area (Å²) in [5, 5.41) is 4.35. The van der Waals surface area contributed by atoms with Crippen molar-refractivity contribution in [3.8, 4) is 5.75 Å². The van der Waals surface area contributed by atoms with Gasteiger partial charge >= 0.3 is 5.97 Å². The molecule has 0 saturated carbocycles. The Morgan fingerprint density at radius 3 is 2.23 bits per heavy atom. The molecule has 0 aliphatic carbocycles. The van der Waals surface area contributed by atoms with E-state index in [0.717, 1.165) is 15.4 Å². The van der Waals surface area contributed by atoms with E-state index in [9.17, 15) is 18.0 Å². The molecular weight excluding hydrogens is 554 g/mol. The molecule has 0 heterocycles. The van der Waals surface area contributed by atoms with Crippen molar-refractivity contribution >= 4 is 45.4 Å². The summed E-state index contributed by atoms with van der Waals surface area (Å²) in [5.74, 6) is -0.651. The van der Waals surface area contributed by atoms with Gasteiger partial charge in [0.05, 0.1) is 16.8 Å². The fourth-order valence-electron chi connectivity index (χ4n) is 3.44. The second-order valence-electron chi connectivity index (χ2n) is 9.97. The average Bonchev–Trinajstić information content (AvgIpc) is 2.88. The number of aryl methyl sites for hydroxylation is 2. The lowest BCUT2D eigenvalue weighted by Gasteiger charge is -2.24. The molecule has 0 spiro atoms. The first-order chi connectivity index (χ1) is 18.7. The Morgan fingerprint density at radius 1 is 0.975 bits per heavy atom. The molecular formula is C29H32ClN3O6S. The van der Waals surface area contributed by atoms with Gasteiger partial charge in [0.1, 0.15) is 17.9 Å². The summed E-state index contributed by atoms with van der Waals surface area (Å²) in [7, 11) is -4.08. The summed E-state index contributed by atoms with van der Waals surface area (Å²) in [4.78, 5) is 24.6. The molecule has 0 bridgehead atoms. The van der Waals surface area contributed by atoms with E-state index in [4.69, 9.17) is 21.1 Å². The molecule has 9 nitrogen and oxygen atoms in total. The van der Waals surface area contributed by atoms with Crippen LogP contribution in [-0.2, 0) is 24.3 Å². The molecule has 1 N–H and O–H groups in total. The largest absolute Gasteiger partial charge is 0.482 e. The Morgan fingerprint density at radius 2 is 1.62 bits per heavy atom. The quantitative estimate of drug-likeness (QED) is 0.203. The molecule has 0 aromatic heterocycles. The first kappa shape index (κ1) is 30.6. The van der Waals surface area contributed by atoms with Crippen LogP contribution in [0, 0.1) is 13.8 Å². The van der Waals surface area contributed by atoms with Crippen LogP contribution in [0.3, 0.4) is 0 Å². The van der Waals surface area contributed by atoms with Gasteiger partial charge in [-0.25, -0.2) is 18.6 Å². The third-order valence-electron chi connectivity index (χ3n) is 5.53. The third-order valence-corrected chi connectivity index (χ3v) is 7.57. The number of sulfonamides is 1. The van der Waals surface area contributed by atoms with Gasteiger partial charge in [-0.3, -0.25) is 9.10 Å². The number of benzene rings is 3. The number of hydrogen-bond donors (Lipinski definition) is 1. The highest BCUT2D eigenvalue weighted by molar-refractivity contribution is 7.92. The minimum Gasteiger partial charge on any atom is -0.482 e. The molecule has 40 heavy (non-hydrogen) atoms. The van der Waals surface area contributed by atoms with Gasteiger partial charge in [0.25, 0.3) is 15.9 Å². The maximum Gasteiger partial charge on any atom is 0.344 e. The monoisotopic (exact) mass is 585 g/mol. The van der Waals surface area contributed by atoms with Gasteiger partial charge in [0.15, 0.2) is 6.61 Å². The summed E-state index contributed by atoms with van der Waals surface area (Å²) in [6, 6.07) is 17.6. The van der Waals surface area contributed by atoms with Crippen LogP contribution in [0.25, 0.3) is 0 Å². The lowest BCUT2D eigenvalue weighted by Crippen LogP contribution is -2.39. The minimum absolute atomic E-state index is 0.000377. The van der Waals surface area contributed by atoms with Gasteiger partial charge in [-0.05, 0) is 112 Å². The second kappa shape index (κ2) is 13.0. The number of anilines is 1. The zero-order valence-electron chi connectivity index (χ0n) is 23.0. The van der Waals surface area contributed by atoms with Crippen molar-refractivity contribution in [3.05, 3.63) is 88.4 Å². The van der Waals surface area contributed by atoms with Gasteiger partial charge in [-0.2, -0.15) is 5.10 Å².